The Kier molecular flexibility index (Phi) is 10.3. The molecular formula is C78H48N4. The third kappa shape index (κ3) is 7.32. The predicted molar refractivity (Wildman–Crippen MR) is 345 cm³/mol. The third-order valence-corrected chi connectivity index (χ3v) is 17.1. The molecule has 4 heterocycles. The molecule has 4 nitrogen and oxygen atoms in total. The lowest BCUT2D eigenvalue weighted by Crippen LogP contribution is -1.92. The van der Waals surface area contributed by atoms with Gasteiger partial charge in [-0.05, 0) is 174 Å². The number of hydrogen-bond acceptors (Lipinski definition) is 2. The summed E-state index contributed by atoms with van der Waals surface area (Å²) in [7, 11) is 0. The first-order valence-electron chi connectivity index (χ1n) is 28.1. The van der Waals surface area contributed by atoms with Crippen LogP contribution in [-0.4, -0.2) is 18.8 Å². The molecule has 0 unspecified atom stereocenters. The van der Waals surface area contributed by atoms with Crippen LogP contribution in [0.1, 0.15) is 0 Å². The van der Waals surface area contributed by atoms with Crippen molar-refractivity contribution in [2.45, 2.75) is 0 Å². The molecule has 4 aromatic heterocycles. The maximum Gasteiger partial charge on any atom is 0.137 e. The molecule has 0 saturated carbocycles. The van der Waals surface area contributed by atoms with E-state index < -0.39 is 0 Å². The van der Waals surface area contributed by atoms with Crippen LogP contribution in [0.25, 0.3) is 165 Å². The molecule has 82 heavy (non-hydrogen) atoms. The first-order valence-corrected chi connectivity index (χ1v) is 28.1. The first-order chi connectivity index (χ1) is 40.6. The largest absolute Gasteiger partial charge is 0.306 e. The van der Waals surface area contributed by atoms with Gasteiger partial charge >= 0.3 is 0 Å². The van der Waals surface area contributed by atoms with Gasteiger partial charge in [-0.3, -0.25) is 0 Å². The van der Waals surface area contributed by atoms with E-state index in [1.54, 1.807) is 0 Å². The molecule has 0 aliphatic heterocycles. The summed E-state index contributed by atoms with van der Waals surface area (Å²) in [4.78, 5) is 10.1. The normalized spacial score (nSPS) is 11.9. The summed E-state index contributed by atoms with van der Waals surface area (Å²) in [5, 5.41) is 17.3. The zero-order valence-corrected chi connectivity index (χ0v) is 44.5. The smallest absolute Gasteiger partial charge is 0.137 e. The summed E-state index contributed by atoms with van der Waals surface area (Å²) < 4.78 is 4.25. The Balaban J connectivity index is 0.720. The van der Waals surface area contributed by atoms with Crippen molar-refractivity contribution < 1.29 is 0 Å². The minimum Gasteiger partial charge on any atom is -0.306 e. The fourth-order valence-electron chi connectivity index (χ4n) is 13.3. The van der Waals surface area contributed by atoms with E-state index in [4.69, 9.17) is 9.97 Å². The maximum atomic E-state index is 5.16. The zero-order chi connectivity index (χ0) is 53.8. The summed E-state index contributed by atoms with van der Waals surface area (Å²) in [5.74, 6) is 0. The van der Waals surface area contributed by atoms with Crippen molar-refractivity contribution >= 4 is 86.7 Å². The van der Waals surface area contributed by atoms with Crippen molar-refractivity contribution in [3.8, 4) is 78.1 Å². The highest BCUT2D eigenvalue weighted by Crippen LogP contribution is 2.48. The Morgan fingerprint density at radius 2 is 0.634 bits per heavy atom. The summed E-state index contributed by atoms with van der Waals surface area (Å²) in [6, 6.07) is 97.8. The second-order valence-corrected chi connectivity index (χ2v) is 21.7. The highest BCUT2D eigenvalue weighted by molar-refractivity contribution is 6.26. The summed E-state index contributed by atoms with van der Waals surface area (Å²) >= 11 is 0. The molecule has 0 aliphatic rings. The van der Waals surface area contributed by atoms with E-state index in [0.717, 1.165) is 44.9 Å². The Labute approximate surface area is 472 Å². The van der Waals surface area contributed by atoms with Gasteiger partial charge in [-0.25, -0.2) is 9.97 Å². The van der Waals surface area contributed by atoms with Gasteiger partial charge in [0.15, 0.2) is 0 Å². The van der Waals surface area contributed by atoms with Crippen LogP contribution in [0.5, 0.6) is 0 Å². The highest BCUT2D eigenvalue weighted by Gasteiger charge is 2.21. The molecule has 0 amide bonds. The quantitative estimate of drug-likeness (QED) is 0.118. The number of hydrogen-bond donors (Lipinski definition) is 0. The van der Waals surface area contributed by atoms with Crippen molar-refractivity contribution in [1.82, 2.24) is 18.8 Å². The number of aromatic nitrogens is 4. The molecule has 0 aliphatic carbocycles. The van der Waals surface area contributed by atoms with E-state index in [0.29, 0.717) is 0 Å². The van der Waals surface area contributed by atoms with E-state index in [1.807, 2.05) is 24.4 Å². The van der Waals surface area contributed by atoms with Gasteiger partial charge in [0.2, 0.25) is 0 Å². The van der Waals surface area contributed by atoms with Gasteiger partial charge in [0.1, 0.15) is 11.3 Å². The Morgan fingerprint density at radius 3 is 1.21 bits per heavy atom. The van der Waals surface area contributed by atoms with Crippen LogP contribution in [0.15, 0.2) is 292 Å². The lowest BCUT2D eigenvalue weighted by atomic mass is 9.83. The second kappa shape index (κ2) is 18.3. The van der Waals surface area contributed by atoms with Crippen LogP contribution in [0.4, 0.5) is 0 Å². The number of fused-ring (bicyclic) bond motifs is 10. The SMILES string of the molecule is c1ccc2cc(-c3c4ccccc4c(-c4ccc(-c5cn6cc(-c7ccc8cc(-c9c%10ccccc%10c(-c%10ccc(-c%11cn%12ccccc%12n%11)cc%10)c%10ccccc9%10)c9ccccc9c8c7)ccc6n5)cc4)c4ccccc34)ccc2c1. The van der Waals surface area contributed by atoms with Crippen LogP contribution in [0, 0.1) is 0 Å². The van der Waals surface area contributed by atoms with Crippen molar-refractivity contribution in [3.63, 3.8) is 0 Å². The number of rotatable bonds is 7. The van der Waals surface area contributed by atoms with Crippen LogP contribution in [-0.2, 0) is 0 Å². The van der Waals surface area contributed by atoms with E-state index in [2.05, 4.69) is 276 Å². The van der Waals surface area contributed by atoms with Crippen LogP contribution < -0.4 is 0 Å². The zero-order valence-electron chi connectivity index (χ0n) is 44.5. The Bertz CT molecular complexity index is 5310. The first kappa shape index (κ1) is 46.0. The molecule has 0 saturated heterocycles. The van der Waals surface area contributed by atoms with E-state index in [-0.39, 0.29) is 0 Å². The molecule has 17 rings (SSSR count). The molecule has 380 valence electrons. The van der Waals surface area contributed by atoms with Gasteiger partial charge in [0, 0.05) is 35.9 Å². The number of pyridine rings is 2. The van der Waals surface area contributed by atoms with Gasteiger partial charge < -0.3 is 8.80 Å². The molecule has 0 fully saturated rings. The average Bonchev–Trinajstić information content (AvgIpc) is 3.68. The van der Waals surface area contributed by atoms with Crippen LogP contribution in [0.2, 0.25) is 0 Å². The van der Waals surface area contributed by atoms with Gasteiger partial charge in [-0.15, -0.1) is 0 Å². The molecule has 0 atom stereocenters. The Morgan fingerprint density at radius 1 is 0.220 bits per heavy atom. The highest BCUT2D eigenvalue weighted by atomic mass is 15.0. The predicted octanol–water partition coefficient (Wildman–Crippen LogP) is 20.7. The number of benzene rings is 13. The molecule has 17 aromatic rings. The fraction of sp³-hybridized carbons (Fsp3) is 0. The lowest BCUT2D eigenvalue weighted by molar-refractivity contribution is 1.19. The minimum atomic E-state index is 0.908. The number of imidazole rings is 2. The molecular weight excluding hydrogens is 993 g/mol. The molecule has 0 N–H and O–H groups in total. The third-order valence-electron chi connectivity index (χ3n) is 17.1. The molecule has 4 heteroatoms. The van der Waals surface area contributed by atoms with Gasteiger partial charge in [-0.1, -0.05) is 224 Å². The van der Waals surface area contributed by atoms with Crippen molar-refractivity contribution in [2.24, 2.45) is 0 Å². The van der Waals surface area contributed by atoms with Gasteiger partial charge in [0.05, 0.1) is 11.4 Å². The van der Waals surface area contributed by atoms with Gasteiger partial charge in [-0.2, -0.15) is 0 Å². The van der Waals surface area contributed by atoms with E-state index >= 15 is 0 Å². The number of nitrogens with zero attached hydrogens (tertiary/aromatic N) is 4. The minimum absolute atomic E-state index is 0.908. The lowest BCUT2D eigenvalue weighted by Gasteiger charge is -2.20. The van der Waals surface area contributed by atoms with Crippen LogP contribution >= 0.6 is 0 Å². The van der Waals surface area contributed by atoms with E-state index in [1.165, 1.54) is 120 Å². The topological polar surface area (TPSA) is 34.6 Å². The molecule has 0 radical (unpaired) electrons. The Hall–Kier alpha value is -10.9. The van der Waals surface area contributed by atoms with Gasteiger partial charge in [0.25, 0.3) is 0 Å². The maximum absolute atomic E-state index is 5.16. The molecule has 0 bridgehead atoms. The molecule has 0 spiro atoms. The second-order valence-electron chi connectivity index (χ2n) is 21.7. The summed E-state index contributed by atoms with van der Waals surface area (Å²) in [6.45, 7) is 0. The standard InChI is InChI=1S/C78H48N4/c1-2-16-54-43-57(39-28-49(54)15-1)77-63-21-7-5-19-61(63)75(62-20-6-8-22-64(62)77)52-35-31-51(32-36-52)72-48-82-46-58(40-41-74(82)80-72)55-37-38-56-45-70(60-18-4-3-17-59(60)69(56)44-55)78-67-25-11-9-23-65(67)76(66-24-10-12-26-68(66)78)53-33-29-50(30-34-53)71-47-81-42-14-13-27-73(81)79-71/h1-48H. The molecule has 13 aromatic carbocycles. The van der Waals surface area contributed by atoms with Crippen molar-refractivity contribution in [1.29, 1.82) is 0 Å². The van der Waals surface area contributed by atoms with Crippen molar-refractivity contribution in [2.75, 3.05) is 0 Å². The average molecular weight is 1040 g/mol. The summed E-state index contributed by atoms with van der Waals surface area (Å²) in [5.41, 5.74) is 18.0. The van der Waals surface area contributed by atoms with Crippen molar-refractivity contribution in [3.05, 3.63) is 292 Å². The fourth-order valence-corrected chi connectivity index (χ4v) is 13.3. The van der Waals surface area contributed by atoms with Crippen LogP contribution in [0.3, 0.4) is 0 Å². The van der Waals surface area contributed by atoms with E-state index in [9.17, 15) is 0 Å². The monoisotopic (exact) mass is 1040 g/mol. The summed E-state index contributed by atoms with van der Waals surface area (Å²) in [6.07, 6.45) is 8.53.